The third-order valence-electron chi connectivity index (χ3n) is 3.55. The van der Waals surface area contributed by atoms with Gasteiger partial charge >= 0.3 is 12.3 Å². The second-order valence-corrected chi connectivity index (χ2v) is 6.33. The molecule has 1 fully saturated rings. The molecule has 0 aromatic rings. The molecule has 7 heteroatoms. The van der Waals surface area contributed by atoms with Crippen LogP contribution in [0.1, 0.15) is 40.5 Å². The number of ether oxygens (including phenoxy) is 1. The van der Waals surface area contributed by atoms with E-state index >= 15 is 0 Å². The van der Waals surface area contributed by atoms with Crippen LogP contribution in [0.2, 0.25) is 0 Å². The van der Waals surface area contributed by atoms with E-state index in [0.29, 0.717) is 0 Å². The van der Waals surface area contributed by atoms with Gasteiger partial charge in [0.15, 0.2) is 5.60 Å². The van der Waals surface area contributed by atoms with Gasteiger partial charge in [-0.1, -0.05) is 6.92 Å². The van der Waals surface area contributed by atoms with Crippen molar-refractivity contribution in [3.63, 3.8) is 0 Å². The summed E-state index contributed by atoms with van der Waals surface area (Å²) in [6, 6.07) is 0. The monoisotopic (exact) mass is 297 g/mol. The molecule has 0 aromatic carbocycles. The Morgan fingerprint density at radius 3 is 2.30 bits per heavy atom. The van der Waals surface area contributed by atoms with Crippen LogP contribution >= 0.6 is 0 Å². The van der Waals surface area contributed by atoms with E-state index in [1.807, 2.05) is 0 Å². The number of carbonyl (C=O) groups is 1. The van der Waals surface area contributed by atoms with Crippen molar-refractivity contribution in [2.75, 3.05) is 13.1 Å². The van der Waals surface area contributed by atoms with Crippen molar-refractivity contribution in [2.24, 2.45) is 5.92 Å². The number of hydrogen-bond donors (Lipinski definition) is 1. The van der Waals surface area contributed by atoms with Crippen LogP contribution in [0.15, 0.2) is 0 Å². The van der Waals surface area contributed by atoms with Crippen LogP contribution in [0, 0.1) is 5.92 Å². The normalized spacial score (nSPS) is 29.0. The van der Waals surface area contributed by atoms with Crippen molar-refractivity contribution in [1.82, 2.24) is 4.90 Å². The van der Waals surface area contributed by atoms with E-state index in [1.165, 1.54) is 11.8 Å². The minimum absolute atomic E-state index is 0.0786. The Bertz CT molecular complexity index is 365. The summed E-state index contributed by atoms with van der Waals surface area (Å²) in [4.78, 5) is 13.1. The first-order valence-electron chi connectivity index (χ1n) is 6.64. The first kappa shape index (κ1) is 17.1. The van der Waals surface area contributed by atoms with Crippen molar-refractivity contribution in [3.05, 3.63) is 0 Å². The van der Waals surface area contributed by atoms with Gasteiger partial charge in [-0.25, -0.2) is 4.79 Å². The Morgan fingerprint density at radius 1 is 1.30 bits per heavy atom. The number of alkyl halides is 3. The Hall–Kier alpha value is -0.980. The van der Waals surface area contributed by atoms with E-state index in [-0.39, 0.29) is 19.5 Å². The van der Waals surface area contributed by atoms with E-state index in [0.717, 1.165) is 0 Å². The second-order valence-electron chi connectivity index (χ2n) is 6.33. The van der Waals surface area contributed by atoms with Crippen LogP contribution in [0.3, 0.4) is 0 Å². The summed E-state index contributed by atoms with van der Waals surface area (Å²) in [7, 11) is 0. The number of amides is 1. The molecule has 1 aliphatic rings. The molecule has 1 N–H and O–H groups in total. The average molecular weight is 297 g/mol. The number of rotatable bonds is 0. The Morgan fingerprint density at radius 2 is 1.85 bits per heavy atom. The van der Waals surface area contributed by atoms with E-state index in [9.17, 15) is 23.1 Å². The summed E-state index contributed by atoms with van der Waals surface area (Å²) in [6.07, 6.45) is -5.79. The predicted octanol–water partition coefficient (Wildman–Crippen LogP) is 2.95. The molecule has 118 valence electrons. The van der Waals surface area contributed by atoms with Crippen molar-refractivity contribution in [1.29, 1.82) is 0 Å². The highest BCUT2D eigenvalue weighted by Crippen LogP contribution is 2.41. The van der Waals surface area contributed by atoms with Gasteiger partial charge < -0.3 is 14.7 Å². The van der Waals surface area contributed by atoms with E-state index < -0.39 is 35.8 Å². The molecule has 4 nitrogen and oxygen atoms in total. The zero-order chi connectivity index (χ0) is 15.8. The summed E-state index contributed by atoms with van der Waals surface area (Å²) in [5, 5.41) is 9.88. The molecule has 0 saturated carbocycles. The number of carbonyl (C=O) groups excluding carboxylic acids is 1. The zero-order valence-corrected chi connectivity index (χ0v) is 12.3. The van der Waals surface area contributed by atoms with Gasteiger partial charge in [0, 0.05) is 19.5 Å². The molecule has 0 aromatic heterocycles. The third kappa shape index (κ3) is 3.77. The zero-order valence-electron chi connectivity index (χ0n) is 12.3. The Kier molecular flexibility index (Phi) is 4.63. The van der Waals surface area contributed by atoms with E-state index in [4.69, 9.17) is 4.74 Å². The molecule has 1 rings (SSSR count). The minimum atomic E-state index is -4.70. The first-order valence-corrected chi connectivity index (χ1v) is 6.64. The van der Waals surface area contributed by atoms with Crippen LogP contribution < -0.4 is 0 Å². The maximum absolute atomic E-state index is 13.0. The highest BCUT2D eigenvalue weighted by Gasteiger charge is 2.57. The lowest BCUT2D eigenvalue weighted by molar-refractivity contribution is -0.278. The molecule has 1 aliphatic heterocycles. The molecular formula is C13H22F3NO3. The van der Waals surface area contributed by atoms with Crippen LogP contribution in [0.4, 0.5) is 18.0 Å². The topological polar surface area (TPSA) is 49.8 Å². The maximum Gasteiger partial charge on any atom is 0.417 e. The van der Waals surface area contributed by atoms with Gasteiger partial charge in [-0.3, -0.25) is 0 Å². The quantitative estimate of drug-likeness (QED) is 0.748. The summed E-state index contributed by atoms with van der Waals surface area (Å²) in [5.74, 6) is -0.963. The summed E-state index contributed by atoms with van der Waals surface area (Å²) in [5.41, 5.74) is -3.45. The number of aliphatic hydroxyl groups is 1. The fraction of sp³-hybridized carbons (Fsp3) is 0.923. The predicted molar refractivity (Wildman–Crippen MR) is 67.2 cm³/mol. The summed E-state index contributed by atoms with van der Waals surface area (Å²) >= 11 is 0. The molecule has 0 aliphatic carbocycles. The smallest absolute Gasteiger partial charge is 0.417 e. The number of nitrogens with zero attached hydrogens (tertiary/aromatic N) is 1. The maximum atomic E-state index is 13.0. The highest BCUT2D eigenvalue weighted by molar-refractivity contribution is 5.68. The minimum Gasteiger partial charge on any atom is -0.444 e. The number of likely N-dealkylation sites (tertiary alicyclic amines) is 1. The molecule has 1 amide bonds. The molecule has 2 atom stereocenters. The van der Waals surface area contributed by atoms with E-state index in [2.05, 4.69) is 0 Å². The second kappa shape index (κ2) is 5.42. The van der Waals surface area contributed by atoms with Crippen molar-refractivity contribution >= 4 is 6.09 Å². The van der Waals surface area contributed by atoms with Crippen molar-refractivity contribution in [3.8, 4) is 0 Å². The summed E-state index contributed by atoms with van der Waals surface area (Å²) in [6.45, 7) is 6.40. The fourth-order valence-electron chi connectivity index (χ4n) is 2.18. The Balaban J connectivity index is 2.79. The van der Waals surface area contributed by atoms with Gasteiger partial charge in [0.1, 0.15) is 5.60 Å². The van der Waals surface area contributed by atoms with Gasteiger partial charge in [0.05, 0.1) is 0 Å². The standard InChI is InChI=1S/C13H22F3NO3/c1-9-5-7-17(10(18)20-11(2,3)4)8-6-12(9,19)13(14,15)16/h9,19H,5-8H2,1-4H3/t9-,12+/m1/s1. The largest absolute Gasteiger partial charge is 0.444 e. The molecule has 0 bridgehead atoms. The number of hydrogen-bond acceptors (Lipinski definition) is 3. The SMILES string of the molecule is C[C@@H]1CCN(C(=O)OC(C)(C)C)CC[C@@]1(O)C(F)(F)F. The van der Waals surface area contributed by atoms with Gasteiger partial charge in [0.2, 0.25) is 0 Å². The average Bonchev–Trinajstić information content (AvgIpc) is 2.37. The van der Waals surface area contributed by atoms with Crippen LogP contribution in [-0.2, 0) is 4.74 Å². The molecule has 0 spiro atoms. The van der Waals surface area contributed by atoms with Gasteiger partial charge in [-0.15, -0.1) is 0 Å². The summed E-state index contributed by atoms with van der Waals surface area (Å²) < 4.78 is 44.1. The lowest BCUT2D eigenvalue weighted by atomic mass is 9.84. The molecule has 1 heterocycles. The van der Waals surface area contributed by atoms with Gasteiger partial charge in [0.25, 0.3) is 0 Å². The van der Waals surface area contributed by atoms with Crippen LogP contribution in [0.5, 0.6) is 0 Å². The molecule has 1 saturated heterocycles. The molecular weight excluding hydrogens is 275 g/mol. The number of halogens is 3. The first-order chi connectivity index (χ1) is 8.87. The fourth-order valence-corrected chi connectivity index (χ4v) is 2.18. The van der Waals surface area contributed by atoms with Crippen LogP contribution in [0.25, 0.3) is 0 Å². The molecule has 0 unspecified atom stereocenters. The third-order valence-corrected chi connectivity index (χ3v) is 3.55. The molecule has 0 radical (unpaired) electrons. The lowest BCUT2D eigenvalue weighted by Crippen LogP contribution is -2.50. The highest BCUT2D eigenvalue weighted by atomic mass is 19.4. The molecule has 20 heavy (non-hydrogen) atoms. The van der Waals surface area contributed by atoms with Crippen molar-refractivity contribution in [2.45, 2.75) is 57.9 Å². The van der Waals surface area contributed by atoms with Gasteiger partial charge in [-0.2, -0.15) is 13.2 Å². The van der Waals surface area contributed by atoms with Crippen molar-refractivity contribution < 1.29 is 27.8 Å². The van der Waals surface area contributed by atoms with E-state index in [1.54, 1.807) is 20.8 Å². The van der Waals surface area contributed by atoms with Crippen LogP contribution in [-0.4, -0.2) is 46.6 Å². The lowest BCUT2D eigenvalue weighted by Gasteiger charge is -2.34. The van der Waals surface area contributed by atoms with Gasteiger partial charge in [-0.05, 0) is 33.1 Å². The Labute approximate surface area is 116 Å².